The van der Waals surface area contributed by atoms with E-state index in [9.17, 15) is 9.59 Å². The topological polar surface area (TPSA) is 88.7 Å². The Morgan fingerprint density at radius 3 is 2.79 bits per heavy atom. The van der Waals surface area contributed by atoms with Gasteiger partial charge < -0.3 is 25.4 Å². The minimum absolute atomic E-state index is 0.0947. The lowest BCUT2D eigenvalue weighted by Gasteiger charge is -2.27. The van der Waals surface area contributed by atoms with Crippen LogP contribution >= 0.6 is 11.8 Å². The highest BCUT2D eigenvalue weighted by molar-refractivity contribution is 7.98. The zero-order valence-electron chi connectivity index (χ0n) is 18.7. The molecule has 2 amide bonds. The number of carbonyl (C=O) groups is 2. The average molecular weight is 476 g/mol. The van der Waals surface area contributed by atoms with E-state index >= 15 is 0 Å². The Bertz CT molecular complexity index is 1250. The molecule has 3 aromatic carbocycles. The molecule has 8 heteroatoms. The van der Waals surface area contributed by atoms with Gasteiger partial charge in [0.05, 0.1) is 11.4 Å². The maximum Gasteiger partial charge on any atom is 0.251 e. The van der Waals surface area contributed by atoms with E-state index in [0.717, 1.165) is 17.0 Å². The van der Waals surface area contributed by atoms with Crippen molar-refractivity contribution < 1.29 is 19.1 Å². The van der Waals surface area contributed by atoms with Crippen LogP contribution in [0.1, 0.15) is 27.0 Å². The van der Waals surface area contributed by atoms with E-state index in [2.05, 4.69) is 35.0 Å². The van der Waals surface area contributed by atoms with Gasteiger partial charge in [-0.05, 0) is 53.9 Å². The van der Waals surface area contributed by atoms with Crippen molar-refractivity contribution in [1.82, 2.24) is 5.32 Å². The number of thioether (sulfide) groups is 1. The molecule has 7 nitrogen and oxygen atoms in total. The van der Waals surface area contributed by atoms with Gasteiger partial charge in [-0.2, -0.15) is 11.8 Å². The molecule has 1 unspecified atom stereocenters. The molecule has 174 valence electrons. The smallest absolute Gasteiger partial charge is 0.251 e. The summed E-state index contributed by atoms with van der Waals surface area (Å²) < 4.78 is 10.7. The Balaban J connectivity index is 1.17. The third kappa shape index (κ3) is 4.82. The summed E-state index contributed by atoms with van der Waals surface area (Å²) in [6.07, 6.45) is 0. The van der Waals surface area contributed by atoms with Crippen LogP contribution in [-0.2, 0) is 17.1 Å². The molecule has 0 saturated heterocycles. The lowest BCUT2D eigenvalue weighted by molar-refractivity contribution is -0.116. The zero-order valence-corrected chi connectivity index (χ0v) is 19.5. The number of aryl methyl sites for hydroxylation is 1. The van der Waals surface area contributed by atoms with Crippen LogP contribution in [0.2, 0.25) is 0 Å². The summed E-state index contributed by atoms with van der Waals surface area (Å²) in [6.45, 7) is 2.67. The first kappa shape index (κ1) is 22.2. The summed E-state index contributed by atoms with van der Waals surface area (Å²) in [7, 11) is 0. The summed E-state index contributed by atoms with van der Waals surface area (Å²) in [6, 6.07) is 18.8. The van der Waals surface area contributed by atoms with Crippen LogP contribution in [0.15, 0.2) is 60.7 Å². The first-order valence-corrected chi connectivity index (χ1v) is 12.2. The molecular formula is C26H25N3O4S. The van der Waals surface area contributed by atoms with Crippen molar-refractivity contribution in [2.75, 3.05) is 23.2 Å². The second-order valence-corrected chi connectivity index (χ2v) is 9.29. The van der Waals surface area contributed by atoms with Crippen molar-refractivity contribution in [3.05, 3.63) is 82.9 Å². The van der Waals surface area contributed by atoms with Gasteiger partial charge in [0.1, 0.15) is 6.04 Å². The number of anilines is 2. The first-order chi connectivity index (χ1) is 16.6. The van der Waals surface area contributed by atoms with E-state index < -0.39 is 0 Å². The fourth-order valence-electron chi connectivity index (χ4n) is 3.90. The van der Waals surface area contributed by atoms with Crippen LogP contribution in [0.5, 0.6) is 11.5 Å². The monoisotopic (exact) mass is 475 g/mol. The number of rotatable bonds is 7. The molecule has 5 rings (SSSR count). The summed E-state index contributed by atoms with van der Waals surface area (Å²) in [4.78, 5) is 25.3. The number of carbonyl (C=O) groups excluding carboxylic acids is 2. The van der Waals surface area contributed by atoms with Crippen LogP contribution < -0.4 is 25.4 Å². The fourth-order valence-corrected chi connectivity index (χ4v) is 5.03. The van der Waals surface area contributed by atoms with Gasteiger partial charge in [-0.15, -0.1) is 0 Å². The number of ether oxygens (including phenoxy) is 2. The number of benzene rings is 3. The third-order valence-corrected chi connectivity index (χ3v) is 6.96. The molecule has 0 aliphatic carbocycles. The summed E-state index contributed by atoms with van der Waals surface area (Å²) in [5.74, 6) is 2.58. The van der Waals surface area contributed by atoms with Crippen LogP contribution in [0.4, 0.5) is 11.4 Å². The Hall–Kier alpha value is -3.65. The SMILES string of the molecule is Cc1ccccc1CSCC1Nc2ccc(C(=O)NCc3ccc4c(c3)OCO4)cc2NC1=O. The van der Waals surface area contributed by atoms with E-state index in [4.69, 9.17) is 9.47 Å². The van der Waals surface area contributed by atoms with Crippen molar-refractivity contribution in [3.8, 4) is 11.5 Å². The largest absolute Gasteiger partial charge is 0.454 e. The fraction of sp³-hybridized carbons (Fsp3) is 0.231. The molecule has 2 aliphatic rings. The zero-order chi connectivity index (χ0) is 23.5. The molecule has 0 spiro atoms. The van der Waals surface area contributed by atoms with Crippen molar-refractivity contribution in [2.24, 2.45) is 0 Å². The molecule has 2 heterocycles. The molecule has 3 N–H and O–H groups in total. The van der Waals surface area contributed by atoms with Gasteiger partial charge in [0.25, 0.3) is 5.91 Å². The lowest BCUT2D eigenvalue weighted by Crippen LogP contribution is -2.40. The minimum atomic E-state index is -0.327. The molecular weight excluding hydrogens is 450 g/mol. The highest BCUT2D eigenvalue weighted by atomic mass is 32.2. The molecule has 0 aromatic heterocycles. The van der Waals surface area contributed by atoms with E-state index in [0.29, 0.717) is 35.0 Å². The molecule has 0 radical (unpaired) electrons. The maximum atomic E-state index is 12.7. The number of fused-ring (bicyclic) bond motifs is 2. The highest BCUT2D eigenvalue weighted by Crippen LogP contribution is 2.33. The number of amides is 2. The van der Waals surface area contributed by atoms with Crippen molar-refractivity contribution in [1.29, 1.82) is 0 Å². The Morgan fingerprint density at radius 1 is 1.06 bits per heavy atom. The molecule has 2 aliphatic heterocycles. The first-order valence-electron chi connectivity index (χ1n) is 11.1. The van der Waals surface area contributed by atoms with Gasteiger partial charge in [-0.3, -0.25) is 9.59 Å². The molecule has 0 saturated carbocycles. The van der Waals surface area contributed by atoms with Crippen molar-refractivity contribution in [3.63, 3.8) is 0 Å². The third-order valence-electron chi connectivity index (χ3n) is 5.88. The van der Waals surface area contributed by atoms with Gasteiger partial charge in [0.15, 0.2) is 11.5 Å². The standard InChI is InChI=1S/C26H25N3O4S/c1-16-4-2-3-5-19(16)13-34-14-22-26(31)29-21-11-18(7-8-20(21)28-22)25(30)27-12-17-6-9-23-24(10-17)33-15-32-23/h2-11,22,28H,12-15H2,1H3,(H,27,30)(H,29,31). The summed E-state index contributed by atoms with van der Waals surface area (Å²) in [5, 5.41) is 9.16. The molecule has 1 atom stereocenters. The highest BCUT2D eigenvalue weighted by Gasteiger charge is 2.26. The van der Waals surface area contributed by atoms with Crippen molar-refractivity contribution in [2.45, 2.75) is 25.3 Å². The van der Waals surface area contributed by atoms with Gasteiger partial charge >= 0.3 is 0 Å². The van der Waals surface area contributed by atoms with E-state index in [1.54, 1.807) is 23.9 Å². The molecule has 0 fully saturated rings. The number of hydrogen-bond acceptors (Lipinski definition) is 6. The number of nitrogens with one attached hydrogen (secondary N) is 3. The van der Waals surface area contributed by atoms with Crippen molar-refractivity contribution >= 4 is 35.0 Å². The molecule has 34 heavy (non-hydrogen) atoms. The van der Waals surface area contributed by atoms with Gasteiger partial charge in [-0.1, -0.05) is 30.3 Å². The summed E-state index contributed by atoms with van der Waals surface area (Å²) in [5.41, 5.74) is 5.35. The quantitative estimate of drug-likeness (QED) is 0.472. The Morgan fingerprint density at radius 2 is 1.91 bits per heavy atom. The van der Waals surface area contributed by atoms with Crippen LogP contribution in [0.25, 0.3) is 0 Å². The predicted octanol–water partition coefficient (Wildman–Crippen LogP) is 4.32. The number of hydrogen-bond donors (Lipinski definition) is 3. The predicted molar refractivity (Wildman–Crippen MR) is 134 cm³/mol. The second kappa shape index (κ2) is 9.69. The van der Waals surface area contributed by atoms with Gasteiger partial charge in [0, 0.05) is 23.6 Å². The minimum Gasteiger partial charge on any atom is -0.454 e. The average Bonchev–Trinajstić information content (AvgIpc) is 3.31. The second-order valence-electron chi connectivity index (χ2n) is 8.26. The molecule has 3 aromatic rings. The van der Waals surface area contributed by atoms with Gasteiger partial charge in [0.2, 0.25) is 12.7 Å². The normalized spacial score (nSPS) is 15.8. The van der Waals surface area contributed by atoms with Gasteiger partial charge in [-0.25, -0.2) is 0 Å². The maximum absolute atomic E-state index is 12.7. The molecule has 0 bridgehead atoms. The van der Waals surface area contributed by atoms with E-state index in [1.165, 1.54) is 11.1 Å². The van der Waals surface area contributed by atoms with Crippen LogP contribution in [-0.4, -0.2) is 30.4 Å². The lowest BCUT2D eigenvalue weighted by atomic mass is 10.1. The Kier molecular flexibility index (Phi) is 6.31. The van der Waals surface area contributed by atoms with Crippen LogP contribution in [0.3, 0.4) is 0 Å². The van der Waals surface area contributed by atoms with Crippen LogP contribution in [0, 0.1) is 6.92 Å². The summed E-state index contributed by atoms with van der Waals surface area (Å²) >= 11 is 1.72. The van der Waals surface area contributed by atoms with E-state index in [1.807, 2.05) is 36.4 Å². The van der Waals surface area contributed by atoms with E-state index in [-0.39, 0.29) is 24.6 Å². The Labute approximate surface area is 202 Å².